The van der Waals surface area contributed by atoms with Crippen LogP contribution in [0.1, 0.15) is 30.1 Å². The molecule has 0 spiro atoms. The summed E-state index contributed by atoms with van der Waals surface area (Å²) in [6.07, 6.45) is 0.966. The number of nitrogens with zero attached hydrogens (tertiary/aromatic N) is 2. The lowest BCUT2D eigenvalue weighted by atomic mass is 10.0. The first kappa shape index (κ1) is 21.2. The van der Waals surface area contributed by atoms with Crippen molar-refractivity contribution in [1.29, 1.82) is 0 Å². The summed E-state index contributed by atoms with van der Waals surface area (Å²) < 4.78 is 12.0. The fraction of sp³-hybridized carbons (Fsp3) is 0.429. The maximum absolute atomic E-state index is 12.0. The molecule has 3 N–H and O–H groups in total. The van der Waals surface area contributed by atoms with Gasteiger partial charge in [0.1, 0.15) is 8.68 Å². The van der Waals surface area contributed by atoms with E-state index in [1.54, 1.807) is 6.07 Å². The van der Waals surface area contributed by atoms with Gasteiger partial charge in [0.25, 0.3) is 0 Å². The molecule has 152 valence electrons. The fourth-order valence-electron chi connectivity index (χ4n) is 3.67. The predicted molar refractivity (Wildman–Crippen MR) is 118 cm³/mol. The summed E-state index contributed by atoms with van der Waals surface area (Å²) in [5, 5.41) is 16.2. The molecule has 1 aliphatic rings. The molecule has 28 heavy (non-hydrogen) atoms. The number of hydrogen-bond donors (Lipinski definition) is 2. The quantitative estimate of drug-likeness (QED) is 0.722. The summed E-state index contributed by atoms with van der Waals surface area (Å²) in [5.74, 6) is 0. The average molecular weight is 420 g/mol. The molecule has 5 nitrogen and oxygen atoms in total. The van der Waals surface area contributed by atoms with Gasteiger partial charge in [-0.05, 0) is 55.6 Å². The molecule has 2 aromatic carbocycles. The van der Waals surface area contributed by atoms with Crippen molar-refractivity contribution >= 4 is 25.6 Å². The van der Waals surface area contributed by atoms with Gasteiger partial charge in [-0.2, -0.15) is 0 Å². The van der Waals surface area contributed by atoms with Crippen molar-refractivity contribution in [3.63, 3.8) is 0 Å². The van der Waals surface area contributed by atoms with Crippen LogP contribution in [0.3, 0.4) is 0 Å². The Hall–Kier alpha value is -1.51. The largest absolute Gasteiger partial charge is 0.388 e. The van der Waals surface area contributed by atoms with Crippen LogP contribution in [0.25, 0.3) is 0 Å². The van der Waals surface area contributed by atoms with E-state index in [2.05, 4.69) is 34.1 Å². The normalized spacial score (nSPS) is 18.6. The first-order chi connectivity index (χ1) is 13.3. The zero-order chi connectivity index (χ0) is 20.1. The number of para-hydroxylation sites is 1. The predicted octanol–water partition coefficient (Wildman–Crippen LogP) is 2.61. The van der Waals surface area contributed by atoms with Crippen molar-refractivity contribution in [3.8, 4) is 0 Å². The van der Waals surface area contributed by atoms with Gasteiger partial charge in [0.2, 0.25) is 0 Å². The maximum atomic E-state index is 12.0. The molecule has 2 unspecified atom stereocenters. The summed E-state index contributed by atoms with van der Waals surface area (Å²) in [6, 6.07) is 15.9. The lowest BCUT2D eigenvalue weighted by Gasteiger charge is -2.36. The molecule has 1 heterocycles. The van der Waals surface area contributed by atoms with Gasteiger partial charge in [-0.1, -0.05) is 30.3 Å². The van der Waals surface area contributed by atoms with Crippen LogP contribution in [0.5, 0.6) is 0 Å². The number of aliphatic hydroxyl groups is 1. The van der Waals surface area contributed by atoms with Crippen molar-refractivity contribution in [2.45, 2.75) is 30.8 Å². The zero-order valence-electron chi connectivity index (χ0n) is 16.3. The minimum atomic E-state index is -2.95. The van der Waals surface area contributed by atoms with E-state index in [9.17, 15) is 9.32 Å². The lowest BCUT2D eigenvalue weighted by molar-refractivity contribution is 0.153. The molecular weight excluding hydrogens is 390 g/mol. The van der Waals surface area contributed by atoms with Gasteiger partial charge in [0.05, 0.1) is 11.0 Å². The Labute approximate surface area is 173 Å². The molecule has 2 aromatic rings. The van der Waals surface area contributed by atoms with Gasteiger partial charge in [-0.15, -0.1) is 0 Å². The molecule has 1 fully saturated rings. The Morgan fingerprint density at radius 3 is 2.46 bits per heavy atom. The van der Waals surface area contributed by atoms with Crippen molar-refractivity contribution in [2.24, 2.45) is 5.14 Å². The molecular formula is C21H29N3O2S2. The third kappa shape index (κ3) is 5.52. The van der Waals surface area contributed by atoms with Crippen LogP contribution in [0.15, 0.2) is 53.4 Å². The number of aliphatic hydroxyl groups excluding tert-OH is 1. The van der Waals surface area contributed by atoms with Crippen LogP contribution < -0.4 is 10.0 Å². The Bertz CT molecular complexity index is 880. The summed E-state index contributed by atoms with van der Waals surface area (Å²) in [5.41, 5.74) is 2.82. The third-order valence-electron chi connectivity index (χ3n) is 5.35. The summed E-state index contributed by atoms with van der Waals surface area (Å²) in [6.45, 7) is 6.91. The van der Waals surface area contributed by atoms with Gasteiger partial charge >= 0.3 is 0 Å². The first-order valence-corrected chi connectivity index (χ1v) is 12.2. The van der Waals surface area contributed by atoms with E-state index in [0.29, 0.717) is 11.3 Å². The van der Waals surface area contributed by atoms with Gasteiger partial charge in [-0.25, -0.2) is 9.35 Å². The molecule has 0 aliphatic carbocycles. The van der Waals surface area contributed by atoms with Crippen molar-refractivity contribution in [1.82, 2.24) is 4.90 Å². The molecule has 0 radical (unpaired) electrons. The highest BCUT2D eigenvalue weighted by atomic mass is 32.8. The second-order valence-corrected chi connectivity index (χ2v) is 10.4. The van der Waals surface area contributed by atoms with Gasteiger partial charge in [0.15, 0.2) is 0 Å². The average Bonchev–Trinajstić information content (AvgIpc) is 2.68. The molecule has 0 bridgehead atoms. The molecule has 2 atom stereocenters. The molecule has 1 saturated heterocycles. The smallest absolute Gasteiger partial charge is 0.116 e. The van der Waals surface area contributed by atoms with Crippen molar-refractivity contribution in [3.05, 3.63) is 59.7 Å². The summed E-state index contributed by atoms with van der Waals surface area (Å²) >= 11 is 4.92. The Kier molecular flexibility index (Phi) is 7.06. The highest BCUT2D eigenvalue weighted by molar-refractivity contribution is 8.31. The second-order valence-electron chi connectivity index (χ2n) is 7.39. The van der Waals surface area contributed by atoms with E-state index in [1.807, 2.05) is 25.1 Å². The van der Waals surface area contributed by atoms with E-state index >= 15 is 0 Å². The second kappa shape index (κ2) is 9.33. The van der Waals surface area contributed by atoms with Crippen LogP contribution in [-0.2, 0) is 19.9 Å². The Balaban J connectivity index is 1.47. The highest BCUT2D eigenvalue weighted by Gasteiger charge is 2.18. The van der Waals surface area contributed by atoms with Crippen molar-refractivity contribution < 1.29 is 9.32 Å². The van der Waals surface area contributed by atoms with E-state index in [-0.39, 0.29) is 0 Å². The minimum absolute atomic E-state index is 0.455. The molecule has 0 aromatic heterocycles. The monoisotopic (exact) mass is 419 g/mol. The number of benzene rings is 2. The molecule has 0 saturated carbocycles. The Morgan fingerprint density at radius 2 is 1.82 bits per heavy atom. The van der Waals surface area contributed by atoms with Gasteiger partial charge < -0.3 is 10.0 Å². The van der Waals surface area contributed by atoms with E-state index in [1.165, 1.54) is 5.69 Å². The first-order valence-electron chi connectivity index (χ1n) is 9.68. The number of hydrogen-bond acceptors (Lipinski definition) is 5. The highest BCUT2D eigenvalue weighted by Crippen LogP contribution is 2.24. The minimum Gasteiger partial charge on any atom is -0.388 e. The number of aryl methyl sites for hydroxylation is 1. The Morgan fingerprint density at radius 1 is 1.14 bits per heavy atom. The van der Waals surface area contributed by atoms with Crippen LogP contribution in [0.4, 0.5) is 5.69 Å². The van der Waals surface area contributed by atoms with E-state index < -0.39 is 14.8 Å². The van der Waals surface area contributed by atoms with Crippen LogP contribution in [-0.4, -0.2) is 46.9 Å². The fourth-order valence-corrected chi connectivity index (χ4v) is 5.03. The van der Waals surface area contributed by atoms with Crippen LogP contribution in [0, 0.1) is 6.92 Å². The third-order valence-corrected chi connectivity index (χ3v) is 6.94. The topological polar surface area (TPSA) is 69.8 Å². The number of anilines is 1. The van der Waals surface area contributed by atoms with Crippen LogP contribution >= 0.6 is 0 Å². The molecule has 0 amide bonds. The standard InChI is InChI=1S/C21H29N3O2S2/c1-17-9-10-18(16-21(17)28(22,26)27)20(25)8-5-11-23-12-14-24(15-13-23)19-6-3-2-4-7-19/h2-4,6-7,9-10,16,20,25H,5,8,11-15H2,1H3,(H2,22,26,27). The molecule has 7 heteroatoms. The summed E-state index contributed by atoms with van der Waals surface area (Å²) in [4.78, 5) is 5.32. The van der Waals surface area contributed by atoms with Crippen LogP contribution in [0.2, 0.25) is 0 Å². The summed E-state index contributed by atoms with van der Waals surface area (Å²) in [7, 11) is -2.95. The number of piperazine rings is 1. The lowest BCUT2D eigenvalue weighted by Crippen LogP contribution is -2.46. The van der Waals surface area contributed by atoms with E-state index in [0.717, 1.165) is 50.3 Å². The molecule has 3 rings (SSSR count). The van der Waals surface area contributed by atoms with Crippen molar-refractivity contribution in [2.75, 3.05) is 37.6 Å². The zero-order valence-corrected chi connectivity index (χ0v) is 17.9. The number of nitrogens with two attached hydrogens (primary N) is 1. The van der Waals surface area contributed by atoms with E-state index in [4.69, 9.17) is 16.3 Å². The molecule has 1 aliphatic heterocycles. The van der Waals surface area contributed by atoms with Gasteiger partial charge in [-0.3, -0.25) is 4.90 Å². The SMILES string of the molecule is Cc1ccc(C(O)CCCN2CCN(c3ccccc3)CC2)cc1S(N)(=O)=S. The van der Waals surface area contributed by atoms with Gasteiger partial charge in [0, 0.05) is 43.1 Å². The number of rotatable bonds is 7. The maximum Gasteiger partial charge on any atom is 0.116 e.